The number of para-hydroxylation sites is 1. The normalized spacial score (nSPS) is 11.1. The van der Waals surface area contributed by atoms with Crippen molar-refractivity contribution in [3.05, 3.63) is 48.5 Å². The number of benzene rings is 2. The molecule has 4 nitrogen and oxygen atoms in total. The lowest BCUT2D eigenvalue weighted by atomic mass is 10.0. The number of esters is 2. The molecule has 2 aromatic carbocycles. The van der Waals surface area contributed by atoms with E-state index in [9.17, 15) is 9.59 Å². The molecular formula is C28H38O4. The van der Waals surface area contributed by atoms with Crippen LogP contribution in [0.25, 0.3) is 11.1 Å². The van der Waals surface area contributed by atoms with Gasteiger partial charge in [-0.25, -0.2) is 0 Å². The first-order valence-electron chi connectivity index (χ1n) is 12.0. The SMILES string of the molecule is CC(C)CCCCC(=O)Oc1cccc(-c2ccccc2)c1OC(=O)CCCCC(C)C. The first-order valence-corrected chi connectivity index (χ1v) is 12.0. The van der Waals surface area contributed by atoms with E-state index in [-0.39, 0.29) is 11.9 Å². The van der Waals surface area contributed by atoms with Crippen molar-refractivity contribution < 1.29 is 19.1 Å². The molecule has 0 bridgehead atoms. The second-order valence-electron chi connectivity index (χ2n) is 9.23. The van der Waals surface area contributed by atoms with E-state index in [1.165, 1.54) is 0 Å². The van der Waals surface area contributed by atoms with Crippen LogP contribution < -0.4 is 9.47 Å². The number of hydrogen-bond donors (Lipinski definition) is 0. The molecule has 0 radical (unpaired) electrons. The summed E-state index contributed by atoms with van der Waals surface area (Å²) in [6.07, 6.45) is 6.45. The second-order valence-corrected chi connectivity index (χ2v) is 9.23. The molecule has 0 aliphatic carbocycles. The first-order chi connectivity index (χ1) is 15.4. The highest BCUT2D eigenvalue weighted by Gasteiger charge is 2.19. The maximum atomic E-state index is 12.6. The van der Waals surface area contributed by atoms with E-state index >= 15 is 0 Å². The fourth-order valence-corrected chi connectivity index (χ4v) is 3.53. The van der Waals surface area contributed by atoms with Gasteiger partial charge in [-0.15, -0.1) is 0 Å². The van der Waals surface area contributed by atoms with Crippen LogP contribution in [-0.2, 0) is 9.59 Å². The summed E-state index contributed by atoms with van der Waals surface area (Å²) < 4.78 is 11.4. The summed E-state index contributed by atoms with van der Waals surface area (Å²) in [5.41, 5.74) is 1.65. The number of hydrogen-bond acceptors (Lipinski definition) is 4. The third-order valence-electron chi connectivity index (χ3n) is 5.33. The summed E-state index contributed by atoms with van der Waals surface area (Å²) >= 11 is 0. The molecule has 0 saturated carbocycles. The van der Waals surface area contributed by atoms with Gasteiger partial charge in [0.15, 0.2) is 11.5 Å². The van der Waals surface area contributed by atoms with Crippen molar-refractivity contribution >= 4 is 11.9 Å². The highest BCUT2D eigenvalue weighted by Crippen LogP contribution is 2.38. The predicted molar refractivity (Wildman–Crippen MR) is 130 cm³/mol. The van der Waals surface area contributed by atoms with Gasteiger partial charge in [0.2, 0.25) is 0 Å². The molecule has 4 heteroatoms. The van der Waals surface area contributed by atoms with Gasteiger partial charge < -0.3 is 9.47 Å². The van der Waals surface area contributed by atoms with Crippen LogP contribution >= 0.6 is 0 Å². The summed E-state index contributed by atoms with van der Waals surface area (Å²) in [5.74, 6) is 1.27. The Labute approximate surface area is 193 Å². The Morgan fingerprint density at radius 2 is 1.25 bits per heavy atom. The van der Waals surface area contributed by atoms with Crippen LogP contribution in [0.2, 0.25) is 0 Å². The Kier molecular flexibility index (Phi) is 11.0. The zero-order chi connectivity index (χ0) is 23.3. The van der Waals surface area contributed by atoms with Crippen molar-refractivity contribution in [3.63, 3.8) is 0 Å². The Morgan fingerprint density at radius 3 is 1.81 bits per heavy atom. The second kappa shape index (κ2) is 13.7. The molecule has 0 heterocycles. The molecule has 32 heavy (non-hydrogen) atoms. The Hall–Kier alpha value is -2.62. The van der Waals surface area contributed by atoms with Crippen LogP contribution in [-0.4, -0.2) is 11.9 Å². The van der Waals surface area contributed by atoms with Crippen LogP contribution in [0, 0.1) is 11.8 Å². The first kappa shape index (κ1) is 25.6. The molecule has 0 N–H and O–H groups in total. The summed E-state index contributed by atoms with van der Waals surface area (Å²) in [6, 6.07) is 15.1. The molecule has 2 aromatic rings. The molecular weight excluding hydrogens is 400 g/mol. The van der Waals surface area contributed by atoms with E-state index in [1.54, 1.807) is 6.07 Å². The molecule has 174 valence electrons. The minimum absolute atomic E-state index is 0.298. The average Bonchev–Trinajstić information content (AvgIpc) is 2.76. The smallest absolute Gasteiger partial charge is 0.311 e. The number of unbranched alkanes of at least 4 members (excludes halogenated alkanes) is 2. The quantitative estimate of drug-likeness (QED) is 0.184. The van der Waals surface area contributed by atoms with Crippen molar-refractivity contribution in [1.82, 2.24) is 0 Å². The van der Waals surface area contributed by atoms with E-state index < -0.39 is 0 Å². The van der Waals surface area contributed by atoms with Gasteiger partial charge in [0.05, 0.1) is 0 Å². The number of carbonyl (C=O) groups is 2. The van der Waals surface area contributed by atoms with Crippen LogP contribution in [0.15, 0.2) is 48.5 Å². The molecule has 0 aliphatic heterocycles. The van der Waals surface area contributed by atoms with Gasteiger partial charge in [0.25, 0.3) is 0 Å². The largest absolute Gasteiger partial charge is 0.422 e. The summed E-state index contributed by atoms with van der Waals surface area (Å²) in [4.78, 5) is 25.0. The summed E-state index contributed by atoms with van der Waals surface area (Å²) in [5, 5.41) is 0. The molecule has 2 rings (SSSR count). The van der Waals surface area contributed by atoms with E-state index in [1.807, 2.05) is 42.5 Å². The standard InChI is InChI=1S/C28H38O4/c1-21(2)13-8-10-19-26(29)31-25-18-12-17-24(23-15-6-5-7-16-23)28(25)32-27(30)20-11-9-14-22(3)4/h5-7,12,15-18,21-22H,8-11,13-14,19-20H2,1-4H3. The zero-order valence-corrected chi connectivity index (χ0v) is 20.1. The van der Waals surface area contributed by atoms with E-state index in [0.29, 0.717) is 36.2 Å². The average molecular weight is 439 g/mol. The molecule has 0 atom stereocenters. The van der Waals surface area contributed by atoms with Crippen LogP contribution in [0.4, 0.5) is 0 Å². The highest BCUT2D eigenvalue weighted by molar-refractivity contribution is 5.82. The molecule has 0 amide bonds. The minimum atomic E-state index is -0.300. The Morgan fingerprint density at radius 1 is 0.688 bits per heavy atom. The van der Waals surface area contributed by atoms with Gasteiger partial charge in [-0.1, -0.05) is 95.8 Å². The fraction of sp³-hybridized carbons (Fsp3) is 0.500. The number of carbonyl (C=O) groups excluding carboxylic acids is 2. The Bertz CT molecular complexity index is 840. The van der Waals surface area contributed by atoms with E-state index in [4.69, 9.17) is 9.47 Å². The van der Waals surface area contributed by atoms with Gasteiger partial charge in [-0.2, -0.15) is 0 Å². The molecule has 0 aromatic heterocycles. The lowest BCUT2D eigenvalue weighted by molar-refractivity contribution is -0.137. The van der Waals surface area contributed by atoms with Crippen molar-refractivity contribution in [2.75, 3.05) is 0 Å². The minimum Gasteiger partial charge on any atom is -0.422 e. The number of rotatable bonds is 13. The molecule has 0 spiro atoms. The van der Waals surface area contributed by atoms with Crippen molar-refractivity contribution in [3.8, 4) is 22.6 Å². The lowest BCUT2D eigenvalue weighted by Crippen LogP contribution is -2.13. The zero-order valence-electron chi connectivity index (χ0n) is 20.1. The van der Waals surface area contributed by atoms with Crippen LogP contribution in [0.5, 0.6) is 11.5 Å². The molecule has 0 fully saturated rings. The van der Waals surface area contributed by atoms with Gasteiger partial charge in [-0.3, -0.25) is 9.59 Å². The van der Waals surface area contributed by atoms with E-state index in [2.05, 4.69) is 27.7 Å². The molecule has 0 unspecified atom stereocenters. The monoisotopic (exact) mass is 438 g/mol. The predicted octanol–water partition coefficient (Wildman–Crippen LogP) is 7.60. The van der Waals surface area contributed by atoms with Gasteiger partial charge in [-0.05, 0) is 36.3 Å². The molecule has 0 aliphatic rings. The van der Waals surface area contributed by atoms with Crippen molar-refractivity contribution in [2.45, 2.75) is 79.1 Å². The third-order valence-corrected chi connectivity index (χ3v) is 5.33. The van der Waals surface area contributed by atoms with Gasteiger partial charge in [0.1, 0.15) is 0 Å². The van der Waals surface area contributed by atoms with Gasteiger partial charge >= 0.3 is 11.9 Å². The van der Waals surface area contributed by atoms with Crippen LogP contribution in [0.3, 0.4) is 0 Å². The molecule has 0 saturated heterocycles. The number of ether oxygens (including phenoxy) is 2. The van der Waals surface area contributed by atoms with Crippen molar-refractivity contribution in [1.29, 1.82) is 0 Å². The van der Waals surface area contributed by atoms with Gasteiger partial charge in [0, 0.05) is 18.4 Å². The van der Waals surface area contributed by atoms with Crippen LogP contribution in [0.1, 0.15) is 79.1 Å². The third kappa shape index (κ3) is 9.25. The summed E-state index contributed by atoms with van der Waals surface area (Å²) in [7, 11) is 0. The summed E-state index contributed by atoms with van der Waals surface area (Å²) in [6.45, 7) is 8.71. The fourth-order valence-electron chi connectivity index (χ4n) is 3.53. The topological polar surface area (TPSA) is 52.6 Å². The van der Waals surface area contributed by atoms with E-state index in [0.717, 1.165) is 49.7 Å². The maximum Gasteiger partial charge on any atom is 0.311 e. The van der Waals surface area contributed by atoms with Crippen molar-refractivity contribution in [2.24, 2.45) is 11.8 Å². The lowest BCUT2D eigenvalue weighted by Gasteiger charge is -2.15. The maximum absolute atomic E-state index is 12.6. The Balaban J connectivity index is 2.13. The highest BCUT2D eigenvalue weighted by atomic mass is 16.6.